The van der Waals surface area contributed by atoms with E-state index in [-0.39, 0.29) is 11.8 Å². The van der Waals surface area contributed by atoms with Gasteiger partial charge < -0.3 is 9.64 Å². The number of ether oxygens (including phenoxy) is 1. The van der Waals surface area contributed by atoms with Gasteiger partial charge in [-0.15, -0.1) is 11.6 Å². The number of piperidine rings is 1. The normalized spacial score (nSPS) is 34.1. The van der Waals surface area contributed by atoms with Crippen LogP contribution in [0.1, 0.15) is 52.9 Å². The molecule has 2 spiro atoms. The molecular weight excluding hydrogens is 294 g/mol. The Morgan fingerprint density at radius 3 is 2.43 bits per heavy atom. The standard InChI is InChI=1S/C13H20ClNO4.C2H6/c1-10-3-2-4-13(10)17-12(18-19-13)5-7-15(8-6-12)11(16)9-14;1-2/h10H,2-9H2,1H3;1-2H3. The van der Waals surface area contributed by atoms with Crippen molar-refractivity contribution in [2.75, 3.05) is 19.0 Å². The minimum absolute atomic E-state index is 0.0284. The zero-order valence-electron chi connectivity index (χ0n) is 13.2. The maximum absolute atomic E-state index is 11.6. The lowest BCUT2D eigenvalue weighted by Gasteiger charge is -2.37. The van der Waals surface area contributed by atoms with Crippen molar-refractivity contribution in [3.05, 3.63) is 0 Å². The molecule has 1 aliphatic carbocycles. The van der Waals surface area contributed by atoms with Gasteiger partial charge in [-0.05, 0) is 12.8 Å². The summed E-state index contributed by atoms with van der Waals surface area (Å²) in [6.45, 7) is 7.36. The fourth-order valence-electron chi connectivity index (χ4n) is 3.26. The third-order valence-corrected chi connectivity index (χ3v) is 4.83. The van der Waals surface area contributed by atoms with Gasteiger partial charge in [-0.2, -0.15) is 9.78 Å². The number of alkyl halides is 1. The molecule has 2 aliphatic heterocycles. The minimum atomic E-state index is -0.665. The molecule has 6 heteroatoms. The number of rotatable bonds is 1. The highest BCUT2D eigenvalue weighted by Gasteiger charge is 2.58. The molecular formula is C15H26ClNO4. The van der Waals surface area contributed by atoms with Crippen LogP contribution in [-0.4, -0.2) is 41.4 Å². The molecule has 2 heterocycles. The Kier molecular flexibility index (Phi) is 5.52. The first-order valence-corrected chi connectivity index (χ1v) is 8.53. The summed E-state index contributed by atoms with van der Waals surface area (Å²) in [5.41, 5.74) is 0. The van der Waals surface area contributed by atoms with E-state index in [1.165, 1.54) is 0 Å². The number of hydrogen-bond acceptors (Lipinski definition) is 4. The van der Waals surface area contributed by atoms with E-state index in [0.717, 1.165) is 19.3 Å². The second-order valence-electron chi connectivity index (χ2n) is 5.80. The number of hydrogen-bond donors (Lipinski definition) is 0. The Balaban J connectivity index is 0.000000774. The van der Waals surface area contributed by atoms with Crippen LogP contribution >= 0.6 is 11.6 Å². The summed E-state index contributed by atoms with van der Waals surface area (Å²) in [7, 11) is 0. The van der Waals surface area contributed by atoms with Crippen LogP contribution in [0.25, 0.3) is 0 Å². The van der Waals surface area contributed by atoms with E-state index in [2.05, 4.69) is 6.92 Å². The predicted molar refractivity (Wildman–Crippen MR) is 79.6 cm³/mol. The van der Waals surface area contributed by atoms with Gasteiger partial charge in [0.05, 0.1) is 0 Å². The van der Waals surface area contributed by atoms with Gasteiger partial charge in [0.15, 0.2) is 0 Å². The molecule has 0 aromatic rings. The first-order chi connectivity index (χ1) is 10.1. The molecule has 0 aromatic carbocycles. The summed E-state index contributed by atoms with van der Waals surface area (Å²) < 4.78 is 6.20. The van der Waals surface area contributed by atoms with Crippen LogP contribution in [-0.2, 0) is 19.3 Å². The van der Waals surface area contributed by atoms with E-state index in [1.807, 2.05) is 13.8 Å². The molecule has 2 atom stereocenters. The number of likely N-dealkylation sites (tertiary alicyclic amines) is 1. The van der Waals surface area contributed by atoms with Crippen LogP contribution in [0, 0.1) is 5.92 Å². The largest absolute Gasteiger partial charge is 0.341 e. The molecule has 0 N–H and O–H groups in total. The minimum Gasteiger partial charge on any atom is -0.341 e. The lowest BCUT2D eigenvalue weighted by atomic mass is 10.0. The molecule has 2 unspecified atom stereocenters. The van der Waals surface area contributed by atoms with Crippen LogP contribution in [0.4, 0.5) is 0 Å². The summed E-state index contributed by atoms with van der Waals surface area (Å²) >= 11 is 5.58. The second kappa shape index (κ2) is 6.82. The average Bonchev–Trinajstić information content (AvgIpc) is 3.06. The molecule has 5 nitrogen and oxygen atoms in total. The van der Waals surface area contributed by atoms with Crippen LogP contribution < -0.4 is 0 Å². The SMILES string of the molecule is CC.CC1CCCC12OOC1(CCN(C(=O)CCl)CC1)O2. The summed E-state index contributed by atoms with van der Waals surface area (Å²) in [5.74, 6) is -0.860. The summed E-state index contributed by atoms with van der Waals surface area (Å²) in [6.07, 6.45) is 4.39. The Morgan fingerprint density at radius 2 is 1.90 bits per heavy atom. The van der Waals surface area contributed by atoms with E-state index in [4.69, 9.17) is 26.1 Å². The average molecular weight is 320 g/mol. The Bertz CT molecular complexity index is 371. The lowest BCUT2D eigenvalue weighted by molar-refractivity contribution is -0.359. The zero-order chi connectivity index (χ0) is 15.5. The summed E-state index contributed by atoms with van der Waals surface area (Å²) in [6, 6.07) is 0. The molecule has 3 aliphatic rings. The van der Waals surface area contributed by atoms with Crippen molar-refractivity contribution in [1.29, 1.82) is 0 Å². The molecule has 0 bridgehead atoms. The molecule has 3 fully saturated rings. The first-order valence-electron chi connectivity index (χ1n) is 8.00. The Hall–Kier alpha value is -0.360. The van der Waals surface area contributed by atoms with Gasteiger partial charge in [0.25, 0.3) is 0 Å². The van der Waals surface area contributed by atoms with Gasteiger partial charge in [-0.1, -0.05) is 20.8 Å². The molecule has 0 radical (unpaired) electrons. The fourth-order valence-corrected chi connectivity index (χ4v) is 3.43. The molecule has 0 aromatic heterocycles. The maximum atomic E-state index is 11.6. The first kappa shape index (κ1) is 17.0. The van der Waals surface area contributed by atoms with Crippen LogP contribution in [0.5, 0.6) is 0 Å². The highest BCUT2D eigenvalue weighted by atomic mass is 35.5. The van der Waals surface area contributed by atoms with Gasteiger partial charge in [-0.25, -0.2) is 0 Å². The topological polar surface area (TPSA) is 48.0 Å². The van der Waals surface area contributed by atoms with Gasteiger partial charge in [0, 0.05) is 38.3 Å². The Labute approximate surface area is 131 Å². The third kappa shape index (κ3) is 3.21. The van der Waals surface area contributed by atoms with Crippen molar-refractivity contribution in [2.24, 2.45) is 5.92 Å². The van der Waals surface area contributed by atoms with Crippen LogP contribution in [0.3, 0.4) is 0 Å². The number of carbonyl (C=O) groups is 1. The van der Waals surface area contributed by atoms with Crippen molar-refractivity contribution in [3.8, 4) is 0 Å². The lowest BCUT2D eigenvalue weighted by Crippen LogP contribution is -2.49. The van der Waals surface area contributed by atoms with E-state index in [0.29, 0.717) is 31.8 Å². The van der Waals surface area contributed by atoms with E-state index in [1.54, 1.807) is 4.90 Å². The van der Waals surface area contributed by atoms with Gasteiger partial charge in [0.1, 0.15) is 5.88 Å². The van der Waals surface area contributed by atoms with Crippen LogP contribution in [0.15, 0.2) is 0 Å². The fraction of sp³-hybridized carbons (Fsp3) is 0.933. The van der Waals surface area contributed by atoms with Crippen molar-refractivity contribution in [3.63, 3.8) is 0 Å². The van der Waals surface area contributed by atoms with E-state index < -0.39 is 11.6 Å². The van der Waals surface area contributed by atoms with Crippen LogP contribution in [0.2, 0.25) is 0 Å². The smallest absolute Gasteiger partial charge is 0.237 e. The molecule has 21 heavy (non-hydrogen) atoms. The van der Waals surface area contributed by atoms with Gasteiger partial charge >= 0.3 is 0 Å². The van der Waals surface area contributed by atoms with Gasteiger partial charge in [-0.3, -0.25) is 4.79 Å². The maximum Gasteiger partial charge on any atom is 0.237 e. The molecule has 1 saturated carbocycles. The number of halogens is 1. The summed E-state index contributed by atoms with van der Waals surface area (Å²) in [4.78, 5) is 24.4. The molecule has 1 amide bonds. The van der Waals surface area contributed by atoms with Crippen molar-refractivity contribution < 1.29 is 19.3 Å². The van der Waals surface area contributed by atoms with Crippen molar-refractivity contribution >= 4 is 17.5 Å². The monoisotopic (exact) mass is 319 g/mol. The van der Waals surface area contributed by atoms with E-state index in [9.17, 15) is 4.79 Å². The van der Waals surface area contributed by atoms with E-state index >= 15 is 0 Å². The van der Waals surface area contributed by atoms with Gasteiger partial charge in [0.2, 0.25) is 17.5 Å². The Morgan fingerprint density at radius 1 is 1.24 bits per heavy atom. The highest BCUT2D eigenvalue weighted by molar-refractivity contribution is 6.27. The van der Waals surface area contributed by atoms with Crippen molar-refractivity contribution in [1.82, 2.24) is 4.90 Å². The second-order valence-corrected chi connectivity index (χ2v) is 6.07. The number of carbonyl (C=O) groups excluding carboxylic acids is 1. The number of nitrogens with zero attached hydrogens (tertiary/aromatic N) is 1. The molecule has 3 rings (SSSR count). The number of amides is 1. The van der Waals surface area contributed by atoms with Crippen molar-refractivity contribution in [2.45, 2.75) is 64.4 Å². The molecule has 122 valence electrons. The third-order valence-electron chi connectivity index (χ3n) is 4.60. The highest BCUT2D eigenvalue weighted by Crippen LogP contribution is 2.50. The molecule has 2 saturated heterocycles. The summed E-state index contributed by atoms with van der Waals surface area (Å²) in [5, 5.41) is 0. The predicted octanol–water partition coefficient (Wildman–Crippen LogP) is 3.06. The quantitative estimate of drug-likeness (QED) is 0.550. The zero-order valence-corrected chi connectivity index (χ0v) is 13.9.